The summed E-state index contributed by atoms with van der Waals surface area (Å²) in [6.07, 6.45) is 12.5. The SMILES string of the molecule is C[C@H]1CC[C@@]2(OC1)O[C@H]1C[C@H]3[C@@H]4CC[C@@H]5C[C@@H](OC(=O)N6CCN(Cc7ccc(N(C)C)cc7)CC6)CC[C@]5(C)[C@H]4CC[C@]3(C)[C@H]1[C@@H]2C. The zero-order valence-corrected chi connectivity index (χ0v) is 30.8. The number of carbonyl (C=O) groups excluding carboxylic acids is 1. The maximum atomic E-state index is 13.4. The van der Waals surface area contributed by atoms with Gasteiger partial charge in [-0.2, -0.15) is 0 Å². The number of carbonyl (C=O) groups is 1. The topological polar surface area (TPSA) is 54.5 Å². The zero-order valence-electron chi connectivity index (χ0n) is 30.8. The van der Waals surface area contributed by atoms with Crippen LogP contribution in [0.15, 0.2) is 24.3 Å². The highest BCUT2D eigenvalue weighted by Crippen LogP contribution is 2.71. The van der Waals surface area contributed by atoms with Gasteiger partial charge in [-0.3, -0.25) is 4.90 Å². The average Bonchev–Trinajstić information content (AvgIpc) is 3.52. The summed E-state index contributed by atoms with van der Waals surface area (Å²) in [6.45, 7) is 15.2. The number of nitrogens with zero attached hydrogens (tertiary/aromatic N) is 3. The van der Waals surface area contributed by atoms with E-state index >= 15 is 0 Å². The van der Waals surface area contributed by atoms with Gasteiger partial charge >= 0.3 is 6.09 Å². The van der Waals surface area contributed by atoms with Crippen molar-refractivity contribution in [2.75, 3.05) is 51.8 Å². The Bertz CT molecular complexity index is 1320. The van der Waals surface area contributed by atoms with Crippen molar-refractivity contribution in [1.82, 2.24) is 9.80 Å². The predicted octanol–water partition coefficient (Wildman–Crippen LogP) is 7.82. The van der Waals surface area contributed by atoms with E-state index < -0.39 is 0 Å². The van der Waals surface area contributed by atoms with Gasteiger partial charge in [-0.25, -0.2) is 4.79 Å². The molecular weight excluding hydrogens is 598 g/mol. The van der Waals surface area contributed by atoms with Crippen molar-refractivity contribution in [2.45, 2.75) is 116 Å². The number of benzene rings is 1. The quantitative estimate of drug-likeness (QED) is 0.328. The van der Waals surface area contributed by atoms with Crippen LogP contribution in [0.3, 0.4) is 0 Å². The number of anilines is 1. The van der Waals surface area contributed by atoms with Gasteiger partial charge in [0.25, 0.3) is 0 Å². The largest absolute Gasteiger partial charge is 0.446 e. The number of fused-ring (bicyclic) bond motifs is 7. The Balaban J connectivity index is 0.844. The number of piperazine rings is 1. The van der Waals surface area contributed by atoms with Crippen molar-refractivity contribution < 1.29 is 19.0 Å². The molecule has 12 atom stereocenters. The van der Waals surface area contributed by atoms with Crippen LogP contribution in [0, 0.1) is 52.3 Å². The Hall–Kier alpha value is -1.83. The third-order valence-corrected chi connectivity index (χ3v) is 15.6. The number of amides is 1. The molecule has 4 aliphatic carbocycles. The number of ether oxygens (including phenoxy) is 3. The lowest BCUT2D eigenvalue weighted by molar-refractivity contribution is -0.273. The summed E-state index contributed by atoms with van der Waals surface area (Å²) in [6, 6.07) is 8.82. The van der Waals surface area contributed by atoms with Crippen LogP contribution >= 0.6 is 0 Å². The van der Waals surface area contributed by atoms with E-state index in [1.54, 1.807) is 0 Å². The second-order valence-corrected chi connectivity index (χ2v) is 18.3. The van der Waals surface area contributed by atoms with Crippen LogP contribution < -0.4 is 4.90 Å². The van der Waals surface area contributed by atoms with Crippen LogP contribution in [0.25, 0.3) is 0 Å². The molecule has 7 heteroatoms. The molecule has 1 aromatic rings. The highest BCUT2D eigenvalue weighted by atomic mass is 16.7. The highest BCUT2D eigenvalue weighted by Gasteiger charge is 2.69. The Labute approximate surface area is 290 Å². The molecule has 7 nitrogen and oxygen atoms in total. The van der Waals surface area contributed by atoms with Gasteiger partial charge in [-0.15, -0.1) is 0 Å². The first-order valence-electron chi connectivity index (χ1n) is 19.7. The smallest absolute Gasteiger partial charge is 0.410 e. The molecule has 1 spiro atoms. The third kappa shape index (κ3) is 5.52. The summed E-state index contributed by atoms with van der Waals surface area (Å²) in [7, 11) is 4.15. The number of hydrogen-bond acceptors (Lipinski definition) is 6. The Morgan fingerprint density at radius 3 is 2.35 bits per heavy atom. The molecule has 3 aliphatic heterocycles. The third-order valence-electron chi connectivity index (χ3n) is 15.6. The molecule has 7 fully saturated rings. The molecule has 1 amide bonds. The van der Waals surface area contributed by atoms with E-state index in [9.17, 15) is 4.79 Å². The maximum Gasteiger partial charge on any atom is 0.410 e. The van der Waals surface area contributed by atoms with Crippen LogP contribution in [0.5, 0.6) is 0 Å². The monoisotopic (exact) mass is 661 g/mol. The molecule has 0 radical (unpaired) electrons. The first-order chi connectivity index (χ1) is 23.0. The van der Waals surface area contributed by atoms with Crippen LogP contribution in [-0.4, -0.2) is 80.8 Å². The van der Waals surface area contributed by atoms with Crippen LogP contribution in [0.2, 0.25) is 0 Å². The van der Waals surface area contributed by atoms with Gasteiger partial charge in [0, 0.05) is 64.8 Å². The van der Waals surface area contributed by atoms with E-state index in [-0.39, 0.29) is 18.0 Å². The minimum Gasteiger partial charge on any atom is -0.446 e. The van der Waals surface area contributed by atoms with E-state index in [0.29, 0.717) is 40.6 Å². The van der Waals surface area contributed by atoms with E-state index in [0.717, 1.165) is 76.3 Å². The van der Waals surface area contributed by atoms with Gasteiger partial charge in [-0.05, 0) is 122 Å². The molecule has 0 bridgehead atoms. The van der Waals surface area contributed by atoms with Crippen molar-refractivity contribution >= 4 is 11.8 Å². The molecule has 3 heterocycles. The highest BCUT2D eigenvalue weighted by molar-refractivity contribution is 5.68. The molecule has 48 heavy (non-hydrogen) atoms. The van der Waals surface area contributed by atoms with Gasteiger partial charge < -0.3 is 24.0 Å². The summed E-state index contributed by atoms with van der Waals surface area (Å²) in [5.74, 6) is 4.51. The van der Waals surface area contributed by atoms with Crippen LogP contribution in [-0.2, 0) is 20.8 Å². The van der Waals surface area contributed by atoms with Crippen molar-refractivity contribution in [3.63, 3.8) is 0 Å². The molecule has 0 aromatic heterocycles. The van der Waals surface area contributed by atoms with Gasteiger partial charge in [0.2, 0.25) is 0 Å². The summed E-state index contributed by atoms with van der Waals surface area (Å²) in [5, 5.41) is 0. The van der Waals surface area contributed by atoms with Gasteiger partial charge in [0.05, 0.1) is 12.7 Å². The summed E-state index contributed by atoms with van der Waals surface area (Å²) in [5.41, 5.74) is 3.30. The minimum atomic E-state index is -0.321. The molecule has 0 N–H and O–H groups in total. The van der Waals surface area contributed by atoms with Crippen molar-refractivity contribution in [3.8, 4) is 0 Å². The Morgan fingerprint density at radius 2 is 1.65 bits per heavy atom. The molecule has 3 saturated heterocycles. The second-order valence-electron chi connectivity index (χ2n) is 18.3. The van der Waals surface area contributed by atoms with Crippen molar-refractivity contribution in [3.05, 3.63) is 29.8 Å². The van der Waals surface area contributed by atoms with Crippen LogP contribution in [0.4, 0.5) is 10.5 Å². The molecule has 8 rings (SSSR count). The number of hydrogen-bond donors (Lipinski definition) is 0. The fraction of sp³-hybridized carbons (Fsp3) is 0.829. The van der Waals surface area contributed by atoms with E-state index in [1.165, 1.54) is 56.2 Å². The van der Waals surface area contributed by atoms with Crippen molar-refractivity contribution in [2.24, 2.45) is 52.3 Å². The molecule has 4 saturated carbocycles. The fourth-order valence-corrected chi connectivity index (χ4v) is 12.8. The van der Waals surface area contributed by atoms with E-state index in [4.69, 9.17) is 14.2 Å². The molecular formula is C41H63N3O4. The van der Waals surface area contributed by atoms with Gasteiger partial charge in [0.1, 0.15) is 6.10 Å². The predicted molar refractivity (Wildman–Crippen MR) is 190 cm³/mol. The molecule has 7 aliphatic rings. The summed E-state index contributed by atoms with van der Waals surface area (Å²) in [4.78, 5) is 19.9. The summed E-state index contributed by atoms with van der Waals surface area (Å²) < 4.78 is 19.9. The standard InChI is InChI=1S/C41H63N3O4/c1-27-13-18-41(46-26-27)28(2)37-36(48-41)24-35-33-12-9-30-23-32(14-16-39(30,3)34(33)15-17-40(35,37)4)47-38(45)44-21-19-43(20-22-44)25-29-7-10-31(11-8-29)42(5)6/h7-8,10-11,27-28,30,32-37H,9,12-26H2,1-6H3/t27-,28-,30+,32-,33+,34-,35-,36-,37-,39-,40-,41+/m0/s1. The lowest BCUT2D eigenvalue weighted by Gasteiger charge is -2.61. The lowest BCUT2D eigenvalue weighted by atomic mass is 9.44. The molecule has 266 valence electrons. The first kappa shape index (κ1) is 33.3. The zero-order chi connectivity index (χ0) is 33.4. The van der Waals surface area contributed by atoms with Gasteiger partial charge in [0.15, 0.2) is 5.79 Å². The summed E-state index contributed by atoms with van der Waals surface area (Å²) >= 11 is 0. The van der Waals surface area contributed by atoms with E-state index in [2.05, 4.69) is 75.9 Å². The van der Waals surface area contributed by atoms with Gasteiger partial charge in [-0.1, -0.05) is 39.8 Å². The molecule has 0 unspecified atom stereocenters. The molecule has 1 aromatic carbocycles. The first-order valence-corrected chi connectivity index (χ1v) is 19.7. The van der Waals surface area contributed by atoms with Crippen LogP contribution in [0.1, 0.15) is 97.5 Å². The Kier molecular flexibility index (Phi) is 8.64. The Morgan fingerprint density at radius 1 is 0.896 bits per heavy atom. The average molecular weight is 662 g/mol. The maximum absolute atomic E-state index is 13.4. The fourth-order valence-electron chi connectivity index (χ4n) is 12.8. The lowest BCUT2D eigenvalue weighted by Crippen LogP contribution is -2.55. The minimum absolute atomic E-state index is 0.0729. The normalized spacial score (nSPS) is 45.6. The second kappa shape index (κ2) is 12.4. The van der Waals surface area contributed by atoms with Crippen molar-refractivity contribution in [1.29, 1.82) is 0 Å². The van der Waals surface area contributed by atoms with E-state index in [1.807, 2.05) is 4.90 Å². The number of rotatable bonds is 4.